The number of sulfonamides is 1. The summed E-state index contributed by atoms with van der Waals surface area (Å²) in [6.45, 7) is 5.90. The quantitative estimate of drug-likeness (QED) is 0.431. The first-order chi connectivity index (χ1) is 14.7. The Morgan fingerprint density at radius 1 is 1.13 bits per heavy atom. The Bertz CT molecular complexity index is 1390. The van der Waals surface area contributed by atoms with Gasteiger partial charge in [-0.25, -0.2) is 8.42 Å². The molecular weight excluding hydrogens is 410 g/mol. The third-order valence-electron chi connectivity index (χ3n) is 6.32. The number of carbonyl (C=O) groups excluding carboxylic acids is 1. The van der Waals surface area contributed by atoms with Gasteiger partial charge in [0.1, 0.15) is 0 Å². The van der Waals surface area contributed by atoms with Crippen molar-refractivity contribution in [2.24, 2.45) is 0 Å². The minimum Gasteiger partial charge on any atom is -0.359 e. The van der Waals surface area contributed by atoms with Gasteiger partial charge in [0.2, 0.25) is 15.9 Å². The van der Waals surface area contributed by atoms with E-state index in [2.05, 4.69) is 35.7 Å². The van der Waals surface area contributed by atoms with Gasteiger partial charge in [0, 0.05) is 35.5 Å². The maximum absolute atomic E-state index is 11.9. The van der Waals surface area contributed by atoms with Crippen LogP contribution in [0.15, 0.2) is 54.9 Å². The minimum absolute atomic E-state index is 0.0115. The third kappa shape index (κ3) is 3.53. The summed E-state index contributed by atoms with van der Waals surface area (Å²) in [7, 11) is -3.39. The van der Waals surface area contributed by atoms with Crippen LogP contribution in [-0.4, -0.2) is 30.1 Å². The first kappa shape index (κ1) is 21.2. The number of H-pyrrole nitrogens is 1. The second-order valence-corrected chi connectivity index (χ2v) is 9.82. The van der Waals surface area contributed by atoms with Crippen LogP contribution in [0.25, 0.3) is 21.8 Å². The van der Waals surface area contributed by atoms with Crippen molar-refractivity contribution in [1.82, 2.24) is 9.55 Å². The highest BCUT2D eigenvalue weighted by atomic mass is 32.2. The molecule has 0 spiro atoms. The van der Waals surface area contributed by atoms with Crippen molar-refractivity contribution in [3.05, 3.63) is 66.0 Å². The molecule has 6 nitrogen and oxygen atoms in total. The number of hydrogen-bond acceptors (Lipinski definition) is 3. The number of hydrogen-bond donors (Lipinski definition) is 2. The Kier molecular flexibility index (Phi) is 5.17. The van der Waals surface area contributed by atoms with Crippen molar-refractivity contribution in [3.8, 4) is 0 Å². The molecule has 31 heavy (non-hydrogen) atoms. The van der Waals surface area contributed by atoms with E-state index in [9.17, 15) is 13.2 Å². The van der Waals surface area contributed by atoms with Crippen molar-refractivity contribution < 1.29 is 13.2 Å². The first-order valence-electron chi connectivity index (χ1n) is 10.4. The number of para-hydroxylation sites is 1. The number of carbonyl (C=O) groups is 1. The van der Waals surface area contributed by atoms with Crippen LogP contribution in [0, 0.1) is 0 Å². The van der Waals surface area contributed by atoms with Gasteiger partial charge in [0.05, 0.1) is 23.0 Å². The Morgan fingerprint density at radius 2 is 1.87 bits per heavy atom. The standard InChI is InChI=1S/C24H27N3O3S/c1-5-24(6-2,18-10-11-22-17(14-18)12-13-27(22)16(3)28)20-15-25-23-19(20)8-7-9-21(23)26-31(4,29)30/h7-15,25-26H,5-6H2,1-4H3. The molecule has 4 aromatic rings. The number of aromatic nitrogens is 2. The predicted octanol–water partition coefficient (Wildman–Crippen LogP) is 5.26. The maximum Gasteiger partial charge on any atom is 0.229 e. The second kappa shape index (κ2) is 7.57. The van der Waals surface area contributed by atoms with Gasteiger partial charge in [0.15, 0.2) is 0 Å². The lowest BCUT2D eigenvalue weighted by Gasteiger charge is -2.33. The van der Waals surface area contributed by atoms with Gasteiger partial charge in [-0.3, -0.25) is 14.1 Å². The Balaban J connectivity index is 1.91. The molecule has 2 aromatic carbocycles. The average Bonchev–Trinajstić information content (AvgIpc) is 3.34. The molecule has 0 amide bonds. The fraction of sp³-hybridized carbons (Fsp3) is 0.292. The van der Waals surface area contributed by atoms with Crippen molar-refractivity contribution in [2.45, 2.75) is 39.0 Å². The van der Waals surface area contributed by atoms with Crippen molar-refractivity contribution in [1.29, 1.82) is 0 Å². The Hall–Kier alpha value is -3.06. The number of nitrogens with zero attached hydrogens (tertiary/aromatic N) is 1. The van der Waals surface area contributed by atoms with E-state index < -0.39 is 10.0 Å². The Labute approximate surface area is 182 Å². The zero-order chi connectivity index (χ0) is 22.4. The molecule has 0 radical (unpaired) electrons. The number of nitrogens with one attached hydrogen (secondary N) is 2. The van der Waals surface area contributed by atoms with Crippen LogP contribution >= 0.6 is 0 Å². The Morgan fingerprint density at radius 3 is 2.52 bits per heavy atom. The van der Waals surface area contributed by atoms with Crippen LogP contribution in [0.4, 0.5) is 5.69 Å². The van der Waals surface area contributed by atoms with Crippen LogP contribution in [-0.2, 0) is 15.4 Å². The van der Waals surface area contributed by atoms with E-state index in [0.717, 1.165) is 46.5 Å². The summed E-state index contributed by atoms with van der Waals surface area (Å²) in [5.74, 6) is -0.0115. The lowest BCUT2D eigenvalue weighted by molar-refractivity contribution is 0.0941. The number of benzene rings is 2. The fourth-order valence-corrected chi connectivity index (χ4v) is 5.31. The summed E-state index contributed by atoms with van der Waals surface area (Å²) < 4.78 is 27.9. The fourth-order valence-electron chi connectivity index (χ4n) is 4.74. The highest BCUT2D eigenvalue weighted by Gasteiger charge is 2.33. The predicted molar refractivity (Wildman–Crippen MR) is 126 cm³/mol. The van der Waals surface area contributed by atoms with Gasteiger partial charge in [0.25, 0.3) is 0 Å². The van der Waals surface area contributed by atoms with E-state index in [4.69, 9.17) is 0 Å². The zero-order valence-corrected chi connectivity index (χ0v) is 19.0. The topological polar surface area (TPSA) is 84.0 Å². The van der Waals surface area contributed by atoms with Gasteiger partial charge in [-0.05, 0) is 48.2 Å². The van der Waals surface area contributed by atoms with Crippen molar-refractivity contribution in [2.75, 3.05) is 11.0 Å². The zero-order valence-electron chi connectivity index (χ0n) is 18.2. The molecule has 162 valence electrons. The number of fused-ring (bicyclic) bond motifs is 2. The first-order valence-corrected chi connectivity index (χ1v) is 12.3. The van der Waals surface area contributed by atoms with Crippen LogP contribution in [0.2, 0.25) is 0 Å². The van der Waals surface area contributed by atoms with Gasteiger partial charge in [-0.2, -0.15) is 0 Å². The van der Waals surface area contributed by atoms with E-state index in [1.54, 1.807) is 17.6 Å². The molecule has 0 aliphatic carbocycles. The molecule has 2 aromatic heterocycles. The van der Waals surface area contributed by atoms with Gasteiger partial charge >= 0.3 is 0 Å². The third-order valence-corrected chi connectivity index (χ3v) is 6.91. The van der Waals surface area contributed by atoms with Crippen LogP contribution in [0.5, 0.6) is 0 Å². The molecule has 4 rings (SSSR count). The maximum atomic E-state index is 11.9. The SMILES string of the molecule is CCC(CC)(c1ccc2c(ccn2C(C)=O)c1)c1c[nH]c2c(NS(C)(=O)=O)cccc12. The summed E-state index contributed by atoms with van der Waals surface area (Å²) in [5, 5.41) is 2.03. The van der Waals surface area contributed by atoms with E-state index in [0.29, 0.717) is 5.69 Å². The lowest BCUT2D eigenvalue weighted by Crippen LogP contribution is -2.25. The van der Waals surface area contributed by atoms with E-state index in [1.165, 1.54) is 5.56 Å². The molecular formula is C24H27N3O3S. The summed E-state index contributed by atoms with van der Waals surface area (Å²) in [4.78, 5) is 15.2. The molecule has 7 heteroatoms. The van der Waals surface area contributed by atoms with Crippen molar-refractivity contribution in [3.63, 3.8) is 0 Å². The molecule has 0 bridgehead atoms. The molecule has 0 aliphatic heterocycles. The molecule has 2 N–H and O–H groups in total. The lowest BCUT2D eigenvalue weighted by atomic mass is 9.70. The molecule has 0 atom stereocenters. The molecule has 0 saturated carbocycles. The largest absolute Gasteiger partial charge is 0.359 e. The number of anilines is 1. The highest BCUT2D eigenvalue weighted by molar-refractivity contribution is 7.92. The highest BCUT2D eigenvalue weighted by Crippen LogP contribution is 2.44. The molecule has 0 saturated heterocycles. The number of rotatable bonds is 6. The summed E-state index contributed by atoms with van der Waals surface area (Å²) in [5.41, 5.74) is 4.27. The van der Waals surface area contributed by atoms with Gasteiger partial charge < -0.3 is 4.98 Å². The molecule has 2 heterocycles. The van der Waals surface area contributed by atoms with Gasteiger partial charge in [-0.1, -0.05) is 32.0 Å². The average molecular weight is 438 g/mol. The van der Waals surface area contributed by atoms with Crippen LogP contribution < -0.4 is 4.72 Å². The van der Waals surface area contributed by atoms with Gasteiger partial charge in [-0.15, -0.1) is 0 Å². The van der Waals surface area contributed by atoms with E-state index in [-0.39, 0.29) is 11.3 Å². The summed E-state index contributed by atoms with van der Waals surface area (Å²) >= 11 is 0. The summed E-state index contributed by atoms with van der Waals surface area (Å²) in [6.07, 6.45) is 6.71. The van der Waals surface area contributed by atoms with Crippen molar-refractivity contribution >= 4 is 43.4 Å². The second-order valence-electron chi connectivity index (χ2n) is 8.07. The minimum atomic E-state index is -3.39. The monoisotopic (exact) mass is 437 g/mol. The van der Waals surface area contributed by atoms with Crippen LogP contribution in [0.1, 0.15) is 49.5 Å². The molecule has 0 fully saturated rings. The van der Waals surface area contributed by atoms with Crippen LogP contribution in [0.3, 0.4) is 0 Å². The molecule has 0 unspecified atom stereocenters. The van der Waals surface area contributed by atoms with E-state index >= 15 is 0 Å². The number of aromatic amines is 1. The summed E-state index contributed by atoms with van der Waals surface area (Å²) in [6, 6.07) is 13.9. The smallest absolute Gasteiger partial charge is 0.229 e. The molecule has 0 aliphatic rings. The normalized spacial score (nSPS) is 12.5. The van der Waals surface area contributed by atoms with E-state index in [1.807, 2.05) is 36.7 Å².